The topological polar surface area (TPSA) is 101 Å². The van der Waals surface area contributed by atoms with Gasteiger partial charge in [0.25, 0.3) is 0 Å². The summed E-state index contributed by atoms with van der Waals surface area (Å²) in [6.45, 7) is 3.43. The normalized spacial score (nSPS) is 16.7. The van der Waals surface area contributed by atoms with E-state index in [9.17, 15) is 14.9 Å². The number of carbonyl (C=O) groups excluding carboxylic acids is 2. The fraction of sp³-hybridized carbons (Fsp3) is 0.333. The monoisotopic (exact) mass is 375 g/mol. The molecule has 0 aromatic carbocycles. The maximum absolute atomic E-state index is 12.7. The molecular weight excluding hydrogens is 358 g/mol. The number of nitrogens with zero attached hydrogens (tertiary/aromatic N) is 2. The van der Waals surface area contributed by atoms with Crippen LogP contribution < -0.4 is 5.32 Å². The summed E-state index contributed by atoms with van der Waals surface area (Å²) in [7, 11) is 1.25. The number of halogens is 1. The molecule has 1 aliphatic rings. The van der Waals surface area contributed by atoms with Gasteiger partial charge in [-0.2, -0.15) is 5.26 Å². The van der Waals surface area contributed by atoms with Gasteiger partial charge >= 0.3 is 11.9 Å². The van der Waals surface area contributed by atoms with Crippen LogP contribution in [0.4, 0.5) is 0 Å². The third kappa shape index (κ3) is 3.70. The SMILES string of the molecule is COC(=O)C1=C(C)NC(C)=C(C(=O)OCCCl)C1c1cccnc1C#N. The third-order valence-corrected chi connectivity index (χ3v) is 4.11. The summed E-state index contributed by atoms with van der Waals surface area (Å²) >= 11 is 5.60. The van der Waals surface area contributed by atoms with E-state index in [1.807, 2.05) is 6.07 Å². The lowest BCUT2D eigenvalue weighted by Gasteiger charge is -2.30. The Morgan fingerprint density at radius 1 is 1.31 bits per heavy atom. The zero-order valence-electron chi connectivity index (χ0n) is 14.6. The highest BCUT2D eigenvalue weighted by atomic mass is 35.5. The van der Waals surface area contributed by atoms with Crippen molar-refractivity contribution < 1.29 is 19.1 Å². The highest BCUT2D eigenvalue weighted by Crippen LogP contribution is 2.39. The minimum atomic E-state index is -0.838. The van der Waals surface area contributed by atoms with Gasteiger partial charge in [0.05, 0.1) is 30.1 Å². The summed E-state index contributed by atoms with van der Waals surface area (Å²) in [6, 6.07) is 5.29. The number of alkyl halides is 1. The molecule has 0 amide bonds. The van der Waals surface area contributed by atoms with Crippen LogP contribution >= 0.6 is 11.6 Å². The van der Waals surface area contributed by atoms with E-state index in [0.717, 1.165) is 0 Å². The lowest BCUT2D eigenvalue weighted by Crippen LogP contribution is -2.32. The fourth-order valence-corrected chi connectivity index (χ4v) is 2.99. The Morgan fingerprint density at radius 3 is 2.54 bits per heavy atom. The first-order valence-electron chi connectivity index (χ1n) is 7.81. The predicted molar refractivity (Wildman–Crippen MR) is 93.9 cm³/mol. The van der Waals surface area contributed by atoms with Gasteiger partial charge in [0.2, 0.25) is 0 Å². The quantitative estimate of drug-likeness (QED) is 0.621. The molecule has 2 heterocycles. The number of aromatic nitrogens is 1. The second kappa shape index (κ2) is 8.50. The summed E-state index contributed by atoms with van der Waals surface area (Å²) in [5.74, 6) is -1.93. The van der Waals surface area contributed by atoms with E-state index >= 15 is 0 Å². The average Bonchev–Trinajstić information content (AvgIpc) is 2.64. The van der Waals surface area contributed by atoms with Crippen LogP contribution in [0.1, 0.15) is 31.0 Å². The summed E-state index contributed by atoms with van der Waals surface area (Å²) in [4.78, 5) is 29.1. The van der Waals surface area contributed by atoms with Gasteiger partial charge in [0, 0.05) is 23.2 Å². The van der Waals surface area contributed by atoms with Crippen molar-refractivity contribution in [3.63, 3.8) is 0 Å². The highest BCUT2D eigenvalue weighted by molar-refractivity contribution is 6.18. The molecule has 1 N–H and O–H groups in total. The van der Waals surface area contributed by atoms with Gasteiger partial charge in [-0.25, -0.2) is 14.6 Å². The zero-order chi connectivity index (χ0) is 19.3. The molecule has 0 bridgehead atoms. The summed E-state index contributed by atoms with van der Waals surface area (Å²) in [6.07, 6.45) is 1.47. The number of pyridine rings is 1. The van der Waals surface area contributed by atoms with Gasteiger partial charge in [-0.1, -0.05) is 6.07 Å². The van der Waals surface area contributed by atoms with Crippen molar-refractivity contribution in [3.8, 4) is 6.07 Å². The van der Waals surface area contributed by atoms with E-state index in [1.165, 1.54) is 13.3 Å². The van der Waals surface area contributed by atoms with Crippen LogP contribution in [0.3, 0.4) is 0 Å². The van der Waals surface area contributed by atoms with Gasteiger partial charge in [-0.05, 0) is 19.9 Å². The van der Waals surface area contributed by atoms with E-state index in [1.54, 1.807) is 26.0 Å². The molecule has 1 aliphatic heterocycles. The molecule has 26 heavy (non-hydrogen) atoms. The molecule has 0 saturated carbocycles. The molecule has 1 unspecified atom stereocenters. The molecule has 7 nitrogen and oxygen atoms in total. The van der Waals surface area contributed by atoms with E-state index in [2.05, 4.69) is 10.3 Å². The third-order valence-electron chi connectivity index (χ3n) is 3.95. The number of rotatable bonds is 5. The Morgan fingerprint density at radius 2 is 1.96 bits per heavy atom. The van der Waals surface area contributed by atoms with Crippen molar-refractivity contribution in [3.05, 3.63) is 52.1 Å². The summed E-state index contributed by atoms with van der Waals surface area (Å²) in [5.41, 5.74) is 2.02. The second-order valence-corrected chi connectivity index (χ2v) is 5.88. The first kappa shape index (κ1) is 19.5. The van der Waals surface area contributed by atoms with Crippen LogP contribution in [-0.2, 0) is 19.1 Å². The Bertz CT molecular complexity index is 839. The molecule has 2 rings (SSSR count). The molecule has 1 aromatic rings. The standard InChI is InChI=1S/C18H18ClN3O4/c1-10-14(17(23)25-3)16(12-5-4-7-21-13(12)9-20)15(11(2)22-10)18(24)26-8-6-19/h4-5,7,16,22H,6,8H2,1-3H3. The van der Waals surface area contributed by atoms with E-state index in [-0.39, 0.29) is 29.3 Å². The Balaban J connectivity index is 2.69. The number of dihydropyridines is 1. The molecule has 0 radical (unpaired) electrons. The number of allylic oxidation sites excluding steroid dienone is 2. The molecule has 0 aliphatic carbocycles. The van der Waals surface area contributed by atoms with E-state index in [0.29, 0.717) is 17.0 Å². The van der Waals surface area contributed by atoms with Crippen molar-refractivity contribution in [2.24, 2.45) is 0 Å². The predicted octanol–water partition coefficient (Wildman–Crippen LogP) is 2.14. The molecule has 1 aromatic heterocycles. The Labute approximate surface area is 156 Å². The van der Waals surface area contributed by atoms with Crippen LogP contribution in [0.15, 0.2) is 40.9 Å². The van der Waals surface area contributed by atoms with Crippen LogP contribution in [-0.4, -0.2) is 36.5 Å². The molecule has 136 valence electrons. The van der Waals surface area contributed by atoms with Gasteiger partial charge < -0.3 is 14.8 Å². The number of nitrogens with one attached hydrogen (secondary N) is 1. The second-order valence-electron chi connectivity index (χ2n) is 5.50. The smallest absolute Gasteiger partial charge is 0.336 e. The highest BCUT2D eigenvalue weighted by Gasteiger charge is 2.39. The zero-order valence-corrected chi connectivity index (χ0v) is 15.4. The maximum Gasteiger partial charge on any atom is 0.336 e. The van der Waals surface area contributed by atoms with Crippen molar-refractivity contribution in [2.45, 2.75) is 19.8 Å². The Hall–Kier alpha value is -2.85. The molecule has 0 saturated heterocycles. The van der Waals surface area contributed by atoms with Crippen LogP contribution in [0, 0.1) is 11.3 Å². The summed E-state index contributed by atoms with van der Waals surface area (Å²) in [5, 5.41) is 12.4. The lowest BCUT2D eigenvalue weighted by molar-refractivity contribution is -0.139. The van der Waals surface area contributed by atoms with Gasteiger partial charge in [-0.15, -0.1) is 11.6 Å². The van der Waals surface area contributed by atoms with Crippen LogP contribution in [0.5, 0.6) is 0 Å². The minimum Gasteiger partial charge on any atom is -0.466 e. The van der Waals surface area contributed by atoms with E-state index in [4.69, 9.17) is 21.1 Å². The molecular formula is C18H18ClN3O4. The van der Waals surface area contributed by atoms with Gasteiger partial charge in [0.15, 0.2) is 0 Å². The number of methoxy groups -OCH3 is 1. The fourth-order valence-electron chi connectivity index (χ4n) is 2.91. The molecule has 0 spiro atoms. The van der Waals surface area contributed by atoms with Crippen molar-refractivity contribution in [1.82, 2.24) is 10.3 Å². The average molecular weight is 376 g/mol. The molecule has 0 fully saturated rings. The van der Waals surface area contributed by atoms with Gasteiger partial charge in [0.1, 0.15) is 18.4 Å². The lowest BCUT2D eigenvalue weighted by atomic mass is 9.80. The minimum absolute atomic E-state index is 0.0261. The van der Waals surface area contributed by atoms with E-state index < -0.39 is 17.9 Å². The molecule has 1 atom stereocenters. The Kier molecular flexibility index (Phi) is 6.36. The van der Waals surface area contributed by atoms with Crippen molar-refractivity contribution >= 4 is 23.5 Å². The number of nitriles is 1. The van der Waals surface area contributed by atoms with Crippen molar-refractivity contribution in [1.29, 1.82) is 5.26 Å². The maximum atomic E-state index is 12.7. The first-order valence-corrected chi connectivity index (χ1v) is 8.34. The van der Waals surface area contributed by atoms with Gasteiger partial charge in [-0.3, -0.25) is 0 Å². The number of carbonyl (C=O) groups is 2. The first-order chi connectivity index (χ1) is 12.5. The van der Waals surface area contributed by atoms with Crippen LogP contribution in [0.2, 0.25) is 0 Å². The van der Waals surface area contributed by atoms with Crippen molar-refractivity contribution in [2.75, 3.05) is 19.6 Å². The largest absolute Gasteiger partial charge is 0.466 e. The molecule has 8 heteroatoms. The number of hydrogen-bond donors (Lipinski definition) is 1. The number of esters is 2. The summed E-state index contributed by atoms with van der Waals surface area (Å²) < 4.78 is 10.1. The number of ether oxygens (including phenoxy) is 2. The van der Waals surface area contributed by atoms with Crippen LogP contribution in [0.25, 0.3) is 0 Å². The number of hydrogen-bond acceptors (Lipinski definition) is 7.